The largest absolute Gasteiger partial charge is 0.354 e. The predicted molar refractivity (Wildman–Crippen MR) is 119 cm³/mol. The Morgan fingerprint density at radius 3 is 2.72 bits per heavy atom. The van der Waals surface area contributed by atoms with Crippen molar-refractivity contribution < 1.29 is 9.59 Å². The number of likely N-dealkylation sites (tertiary alicyclic amines) is 1. The van der Waals surface area contributed by atoms with Crippen LogP contribution in [0.4, 0.5) is 0 Å². The van der Waals surface area contributed by atoms with E-state index in [1.807, 2.05) is 41.3 Å². The van der Waals surface area contributed by atoms with Crippen LogP contribution < -0.4 is 10.6 Å². The first-order chi connectivity index (χ1) is 13.2. The van der Waals surface area contributed by atoms with E-state index in [4.69, 9.17) is 0 Å². The summed E-state index contributed by atoms with van der Waals surface area (Å²) < 4.78 is 0. The Morgan fingerprint density at radius 2 is 1.93 bits per heavy atom. The minimum absolute atomic E-state index is 0. The average Bonchev–Trinajstić information content (AvgIpc) is 3.26. The van der Waals surface area contributed by atoms with E-state index in [-0.39, 0.29) is 42.7 Å². The van der Waals surface area contributed by atoms with Crippen LogP contribution in [0.1, 0.15) is 36.2 Å². The zero-order valence-corrected chi connectivity index (χ0v) is 17.9. The highest BCUT2D eigenvalue weighted by molar-refractivity contribution is 5.95. The second-order valence-electron chi connectivity index (χ2n) is 7.54. The Balaban J connectivity index is 0.00000150. The van der Waals surface area contributed by atoms with Crippen LogP contribution >= 0.6 is 24.8 Å². The number of aromatic nitrogens is 1. The maximum Gasteiger partial charge on any atom is 0.272 e. The molecule has 0 radical (unpaired) electrons. The minimum Gasteiger partial charge on any atom is -0.354 e. The van der Waals surface area contributed by atoms with Crippen molar-refractivity contribution >= 4 is 47.5 Å². The van der Waals surface area contributed by atoms with E-state index in [0.717, 1.165) is 49.7 Å². The van der Waals surface area contributed by atoms with Gasteiger partial charge in [-0.3, -0.25) is 9.59 Å². The number of halogens is 2. The summed E-state index contributed by atoms with van der Waals surface area (Å²) in [5.41, 5.74) is 1.33. The van der Waals surface area contributed by atoms with Crippen LogP contribution in [0.5, 0.6) is 0 Å². The number of nitrogens with one attached hydrogen (secondary N) is 2. The van der Waals surface area contributed by atoms with Gasteiger partial charge in [-0.05, 0) is 50.3 Å². The average molecular weight is 439 g/mol. The standard InChI is InChI=1S/C21H26N4O2.2ClH/c26-20(18-8-3-11-22-18)23-13-15-5-4-12-25(14-15)21(27)19-10-9-16-6-1-2-7-17(16)24-19;;/h1-2,6-7,9-10,15,18,22H,3-5,8,11-14H2,(H,23,26);2*1H. The van der Waals surface area contributed by atoms with E-state index < -0.39 is 0 Å². The molecule has 4 rings (SSSR count). The molecule has 2 aliphatic rings. The van der Waals surface area contributed by atoms with Gasteiger partial charge in [0.15, 0.2) is 0 Å². The summed E-state index contributed by atoms with van der Waals surface area (Å²) in [4.78, 5) is 31.5. The van der Waals surface area contributed by atoms with Crippen LogP contribution in [0.3, 0.4) is 0 Å². The smallest absolute Gasteiger partial charge is 0.272 e. The Kier molecular flexibility index (Phi) is 8.68. The van der Waals surface area contributed by atoms with E-state index >= 15 is 0 Å². The molecular weight excluding hydrogens is 411 g/mol. The molecule has 2 unspecified atom stereocenters. The number of amides is 2. The fraction of sp³-hybridized carbons (Fsp3) is 0.476. The molecule has 8 heteroatoms. The molecular formula is C21H28Cl2N4O2. The summed E-state index contributed by atoms with van der Waals surface area (Å²) in [7, 11) is 0. The van der Waals surface area contributed by atoms with E-state index in [2.05, 4.69) is 15.6 Å². The van der Waals surface area contributed by atoms with Gasteiger partial charge in [-0.2, -0.15) is 0 Å². The molecule has 0 aliphatic carbocycles. The summed E-state index contributed by atoms with van der Waals surface area (Å²) >= 11 is 0. The number of hydrogen-bond donors (Lipinski definition) is 2. The van der Waals surface area contributed by atoms with Gasteiger partial charge >= 0.3 is 0 Å². The third-order valence-electron chi connectivity index (χ3n) is 5.57. The summed E-state index contributed by atoms with van der Waals surface area (Å²) in [5.74, 6) is 0.370. The number of nitrogens with zero attached hydrogens (tertiary/aromatic N) is 2. The normalized spacial score (nSPS) is 21.2. The molecule has 0 spiro atoms. The van der Waals surface area contributed by atoms with Gasteiger partial charge in [-0.15, -0.1) is 24.8 Å². The fourth-order valence-electron chi connectivity index (χ4n) is 4.04. The predicted octanol–water partition coefficient (Wildman–Crippen LogP) is 2.80. The number of carbonyl (C=O) groups excluding carboxylic acids is 2. The molecule has 2 N–H and O–H groups in total. The highest BCUT2D eigenvalue weighted by Crippen LogP contribution is 2.19. The third kappa shape index (κ3) is 5.59. The van der Waals surface area contributed by atoms with Crippen molar-refractivity contribution in [3.63, 3.8) is 0 Å². The number of hydrogen-bond acceptors (Lipinski definition) is 4. The molecule has 1 aromatic carbocycles. The maximum atomic E-state index is 12.9. The summed E-state index contributed by atoms with van der Waals surface area (Å²) in [6.07, 6.45) is 3.96. The number of fused-ring (bicyclic) bond motifs is 1. The van der Waals surface area contributed by atoms with E-state index in [9.17, 15) is 9.59 Å². The van der Waals surface area contributed by atoms with Crippen LogP contribution in [0, 0.1) is 5.92 Å². The van der Waals surface area contributed by atoms with Gasteiger partial charge in [-0.25, -0.2) is 4.98 Å². The van der Waals surface area contributed by atoms with Crippen molar-refractivity contribution in [3.05, 3.63) is 42.1 Å². The van der Waals surface area contributed by atoms with Crippen molar-refractivity contribution in [1.82, 2.24) is 20.5 Å². The molecule has 2 amide bonds. The number of para-hydroxylation sites is 1. The van der Waals surface area contributed by atoms with Crippen LogP contribution in [0.2, 0.25) is 0 Å². The van der Waals surface area contributed by atoms with Gasteiger partial charge in [0.2, 0.25) is 5.91 Å². The lowest BCUT2D eigenvalue weighted by Crippen LogP contribution is -2.46. The Bertz CT molecular complexity index is 842. The second-order valence-corrected chi connectivity index (χ2v) is 7.54. The maximum absolute atomic E-state index is 12.9. The topological polar surface area (TPSA) is 74.3 Å². The molecule has 2 aliphatic heterocycles. The van der Waals surface area contributed by atoms with Crippen molar-refractivity contribution in [3.8, 4) is 0 Å². The molecule has 2 aromatic rings. The van der Waals surface area contributed by atoms with Crippen molar-refractivity contribution in [1.29, 1.82) is 0 Å². The van der Waals surface area contributed by atoms with Gasteiger partial charge in [0, 0.05) is 25.0 Å². The third-order valence-corrected chi connectivity index (χ3v) is 5.57. The number of carbonyl (C=O) groups is 2. The first kappa shape index (κ1) is 23.4. The highest BCUT2D eigenvalue weighted by atomic mass is 35.5. The highest BCUT2D eigenvalue weighted by Gasteiger charge is 2.27. The number of pyridine rings is 1. The summed E-state index contributed by atoms with van der Waals surface area (Å²) in [6.45, 7) is 2.97. The lowest BCUT2D eigenvalue weighted by atomic mass is 9.97. The van der Waals surface area contributed by atoms with E-state index in [1.54, 1.807) is 0 Å². The van der Waals surface area contributed by atoms with Gasteiger partial charge in [0.25, 0.3) is 5.91 Å². The lowest BCUT2D eigenvalue weighted by Gasteiger charge is -2.33. The zero-order chi connectivity index (χ0) is 18.6. The Labute approximate surface area is 183 Å². The molecule has 158 valence electrons. The molecule has 2 fully saturated rings. The van der Waals surface area contributed by atoms with Crippen LogP contribution in [0.25, 0.3) is 10.9 Å². The number of benzene rings is 1. The van der Waals surface area contributed by atoms with Crippen molar-refractivity contribution in [2.75, 3.05) is 26.2 Å². The SMILES string of the molecule is Cl.Cl.O=C(NCC1CCCN(C(=O)c2ccc3ccccc3n2)C1)C1CCCN1. The Morgan fingerprint density at radius 1 is 1.10 bits per heavy atom. The molecule has 3 heterocycles. The molecule has 0 saturated carbocycles. The lowest BCUT2D eigenvalue weighted by molar-refractivity contribution is -0.123. The summed E-state index contributed by atoms with van der Waals surface area (Å²) in [6, 6.07) is 11.5. The van der Waals surface area contributed by atoms with Crippen molar-refractivity contribution in [2.24, 2.45) is 5.92 Å². The Hall–Kier alpha value is -1.89. The molecule has 0 bridgehead atoms. The van der Waals surface area contributed by atoms with Gasteiger partial charge in [-0.1, -0.05) is 24.3 Å². The quantitative estimate of drug-likeness (QED) is 0.769. The monoisotopic (exact) mass is 438 g/mol. The molecule has 1 aromatic heterocycles. The summed E-state index contributed by atoms with van der Waals surface area (Å²) in [5, 5.41) is 7.32. The number of rotatable bonds is 4. The zero-order valence-electron chi connectivity index (χ0n) is 16.3. The molecule has 2 atom stereocenters. The minimum atomic E-state index is -0.0480. The molecule has 29 heavy (non-hydrogen) atoms. The van der Waals surface area contributed by atoms with E-state index in [0.29, 0.717) is 24.7 Å². The first-order valence-electron chi connectivity index (χ1n) is 9.87. The fourth-order valence-corrected chi connectivity index (χ4v) is 4.04. The number of piperidine rings is 1. The van der Waals surface area contributed by atoms with Crippen LogP contribution in [-0.4, -0.2) is 53.9 Å². The van der Waals surface area contributed by atoms with Crippen LogP contribution in [-0.2, 0) is 4.79 Å². The van der Waals surface area contributed by atoms with Crippen molar-refractivity contribution in [2.45, 2.75) is 31.7 Å². The second kappa shape index (κ2) is 10.8. The molecule has 6 nitrogen and oxygen atoms in total. The van der Waals surface area contributed by atoms with Gasteiger partial charge < -0.3 is 15.5 Å². The van der Waals surface area contributed by atoms with Gasteiger partial charge in [0.1, 0.15) is 5.69 Å². The van der Waals surface area contributed by atoms with E-state index in [1.165, 1.54) is 0 Å². The van der Waals surface area contributed by atoms with Gasteiger partial charge in [0.05, 0.1) is 11.6 Å². The van der Waals surface area contributed by atoms with Crippen LogP contribution in [0.15, 0.2) is 36.4 Å². The first-order valence-corrected chi connectivity index (χ1v) is 9.87. The molecule has 2 saturated heterocycles.